The molecule has 1 amide bonds. The van der Waals surface area contributed by atoms with E-state index in [0.717, 1.165) is 5.69 Å². The van der Waals surface area contributed by atoms with Crippen molar-refractivity contribution in [3.8, 4) is 0 Å². The molecule has 0 radical (unpaired) electrons. The average Bonchev–Trinajstić information content (AvgIpc) is 3.25. The molecule has 1 aliphatic heterocycles. The highest BCUT2D eigenvalue weighted by molar-refractivity contribution is 6.04. The van der Waals surface area contributed by atoms with Gasteiger partial charge in [0.15, 0.2) is 0 Å². The van der Waals surface area contributed by atoms with E-state index in [1.165, 1.54) is 12.1 Å². The van der Waals surface area contributed by atoms with Crippen LogP contribution in [0.5, 0.6) is 0 Å². The normalized spacial score (nSPS) is 14.1. The largest absolute Gasteiger partial charge is 0.476 e. The number of hydrogen-bond donors (Lipinski definition) is 1. The monoisotopic (exact) mass is 358 g/mol. The molecule has 0 atom stereocenters. The summed E-state index contributed by atoms with van der Waals surface area (Å²) in [5.41, 5.74) is 1.76. The summed E-state index contributed by atoms with van der Waals surface area (Å²) in [5, 5.41) is 7.13. The third-order valence-electron chi connectivity index (χ3n) is 4.13. The quantitative estimate of drug-likeness (QED) is 0.911. The van der Waals surface area contributed by atoms with Crippen LogP contribution in [-0.4, -0.2) is 34.7 Å². The Labute approximate surface area is 152 Å². The first-order valence-electron chi connectivity index (χ1n) is 8.66. The van der Waals surface area contributed by atoms with E-state index in [9.17, 15) is 9.18 Å². The number of aryl methyl sites for hydroxylation is 1. The van der Waals surface area contributed by atoms with Gasteiger partial charge in [-0.3, -0.25) is 9.48 Å². The van der Waals surface area contributed by atoms with Gasteiger partial charge in [0.1, 0.15) is 18.1 Å². The van der Waals surface area contributed by atoms with Crippen molar-refractivity contribution >= 4 is 17.5 Å². The minimum Gasteiger partial charge on any atom is -0.476 e. The minimum atomic E-state index is -0.515. The third-order valence-corrected chi connectivity index (χ3v) is 4.13. The van der Waals surface area contributed by atoms with E-state index < -0.39 is 11.7 Å². The second-order valence-corrected chi connectivity index (χ2v) is 7.16. The Kier molecular flexibility index (Phi) is 4.80. The van der Waals surface area contributed by atoms with Crippen molar-refractivity contribution in [2.75, 3.05) is 18.5 Å². The summed E-state index contributed by atoms with van der Waals surface area (Å²) < 4.78 is 21.2. The number of halogens is 1. The van der Waals surface area contributed by atoms with Gasteiger partial charge in [0.2, 0.25) is 5.90 Å². The maximum Gasteiger partial charge on any atom is 0.274 e. The number of ether oxygens (including phenoxy) is 1. The van der Waals surface area contributed by atoms with Crippen LogP contribution in [0.1, 0.15) is 49.4 Å². The van der Waals surface area contributed by atoms with Crippen LogP contribution in [0.4, 0.5) is 10.1 Å². The molecule has 0 saturated carbocycles. The van der Waals surface area contributed by atoms with Crippen LogP contribution in [0.25, 0.3) is 0 Å². The van der Waals surface area contributed by atoms with Crippen molar-refractivity contribution < 1.29 is 13.9 Å². The molecule has 0 unspecified atom stereocenters. The summed E-state index contributed by atoms with van der Waals surface area (Å²) in [6.07, 6.45) is 0. The molecule has 0 bridgehead atoms. The molecule has 138 valence electrons. The van der Waals surface area contributed by atoms with Gasteiger partial charge in [-0.2, -0.15) is 5.10 Å². The van der Waals surface area contributed by atoms with E-state index in [0.29, 0.717) is 36.9 Å². The number of aromatic nitrogens is 2. The molecular weight excluding hydrogens is 335 g/mol. The predicted molar refractivity (Wildman–Crippen MR) is 98.3 cm³/mol. The smallest absolute Gasteiger partial charge is 0.274 e. The van der Waals surface area contributed by atoms with Gasteiger partial charge in [0.25, 0.3) is 5.91 Å². The van der Waals surface area contributed by atoms with Gasteiger partial charge in [-0.15, -0.1) is 0 Å². The van der Waals surface area contributed by atoms with Crippen molar-refractivity contribution in [1.29, 1.82) is 0 Å². The van der Waals surface area contributed by atoms with Gasteiger partial charge in [-0.25, -0.2) is 9.38 Å². The Balaban J connectivity index is 1.88. The van der Waals surface area contributed by atoms with Crippen LogP contribution >= 0.6 is 0 Å². The van der Waals surface area contributed by atoms with Gasteiger partial charge in [-0.1, -0.05) is 20.8 Å². The van der Waals surface area contributed by atoms with E-state index in [-0.39, 0.29) is 11.1 Å². The first-order chi connectivity index (χ1) is 12.3. The number of carbonyl (C=O) groups excluding carboxylic acids is 1. The highest BCUT2D eigenvalue weighted by atomic mass is 19.1. The first kappa shape index (κ1) is 18.1. The summed E-state index contributed by atoms with van der Waals surface area (Å²) in [4.78, 5) is 16.9. The van der Waals surface area contributed by atoms with Crippen LogP contribution in [0.15, 0.2) is 29.3 Å². The number of rotatable bonds is 4. The average molecular weight is 358 g/mol. The second kappa shape index (κ2) is 6.90. The van der Waals surface area contributed by atoms with Gasteiger partial charge in [0.05, 0.1) is 17.9 Å². The van der Waals surface area contributed by atoms with E-state index in [1.54, 1.807) is 16.8 Å². The summed E-state index contributed by atoms with van der Waals surface area (Å²) >= 11 is 0. The topological polar surface area (TPSA) is 68.5 Å². The molecule has 0 spiro atoms. The molecule has 0 saturated heterocycles. The molecule has 2 heterocycles. The van der Waals surface area contributed by atoms with Gasteiger partial charge in [0, 0.05) is 17.5 Å². The molecule has 7 heteroatoms. The van der Waals surface area contributed by atoms with E-state index in [4.69, 9.17) is 4.74 Å². The highest BCUT2D eigenvalue weighted by Gasteiger charge is 2.23. The van der Waals surface area contributed by atoms with Gasteiger partial charge < -0.3 is 10.1 Å². The zero-order valence-corrected chi connectivity index (χ0v) is 15.5. The summed E-state index contributed by atoms with van der Waals surface area (Å²) in [5.74, 6) is -0.450. The zero-order chi connectivity index (χ0) is 18.9. The molecule has 1 aromatic heterocycles. The molecule has 1 N–H and O–H groups in total. The molecule has 1 aromatic carbocycles. The number of amides is 1. The Morgan fingerprint density at radius 1 is 1.35 bits per heavy atom. The van der Waals surface area contributed by atoms with Crippen molar-refractivity contribution in [2.24, 2.45) is 4.99 Å². The fourth-order valence-electron chi connectivity index (χ4n) is 2.66. The molecule has 0 aliphatic carbocycles. The second-order valence-electron chi connectivity index (χ2n) is 7.16. The van der Waals surface area contributed by atoms with Crippen LogP contribution in [-0.2, 0) is 16.7 Å². The van der Waals surface area contributed by atoms with Crippen LogP contribution in [0.2, 0.25) is 0 Å². The fraction of sp³-hybridized carbons (Fsp3) is 0.421. The van der Waals surface area contributed by atoms with Gasteiger partial charge in [-0.05, 0) is 31.2 Å². The molecule has 1 aliphatic rings. The maximum atomic E-state index is 14.2. The molecular formula is C19H23FN4O2. The standard InChI is InChI=1S/C19H23FN4O2/c1-5-24-15(11-16(23-24)19(2,3)4)17(25)22-14-10-12(6-7-13(14)20)18-21-8-9-26-18/h6-7,10-11H,5,8-9H2,1-4H3,(H,22,25). The lowest BCUT2D eigenvalue weighted by Crippen LogP contribution is -2.18. The molecule has 3 rings (SSSR count). The number of benzene rings is 1. The van der Waals surface area contributed by atoms with Crippen molar-refractivity contribution in [2.45, 2.75) is 39.7 Å². The van der Waals surface area contributed by atoms with Crippen LogP contribution in [0.3, 0.4) is 0 Å². The Morgan fingerprint density at radius 2 is 2.12 bits per heavy atom. The zero-order valence-electron chi connectivity index (χ0n) is 15.5. The Hall–Kier alpha value is -2.70. The Morgan fingerprint density at radius 3 is 2.73 bits per heavy atom. The number of nitrogens with zero attached hydrogens (tertiary/aromatic N) is 3. The fourth-order valence-corrected chi connectivity index (χ4v) is 2.66. The maximum absolute atomic E-state index is 14.2. The number of anilines is 1. The highest BCUT2D eigenvalue weighted by Crippen LogP contribution is 2.23. The van der Waals surface area contributed by atoms with Gasteiger partial charge >= 0.3 is 0 Å². The summed E-state index contributed by atoms with van der Waals surface area (Å²) in [6, 6.07) is 6.18. The molecule has 26 heavy (non-hydrogen) atoms. The summed E-state index contributed by atoms with van der Waals surface area (Å²) in [7, 11) is 0. The Bertz CT molecular complexity index is 865. The first-order valence-corrected chi connectivity index (χ1v) is 8.66. The van der Waals surface area contributed by atoms with Crippen molar-refractivity contribution in [3.05, 3.63) is 47.0 Å². The number of hydrogen-bond acceptors (Lipinski definition) is 4. The van der Waals surface area contributed by atoms with Crippen molar-refractivity contribution in [1.82, 2.24) is 9.78 Å². The van der Waals surface area contributed by atoms with E-state index in [2.05, 4.69) is 15.4 Å². The summed E-state index contributed by atoms with van der Waals surface area (Å²) in [6.45, 7) is 9.64. The van der Waals surface area contributed by atoms with E-state index >= 15 is 0 Å². The van der Waals surface area contributed by atoms with Crippen LogP contribution < -0.4 is 5.32 Å². The molecule has 0 fully saturated rings. The molecule has 6 nitrogen and oxygen atoms in total. The lowest BCUT2D eigenvalue weighted by molar-refractivity contribution is 0.101. The lowest BCUT2D eigenvalue weighted by atomic mass is 9.92. The third kappa shape index (κ3) is 3.61. The number of nitrogens with one attached hydrogen (secondary N) is 1. The predicted octanol–water partition coefficient (Wildman–Crippen LogP) is 3.37. The SMILES string of the molecule is CCn1nc(C(C)(C)C)cc1C(=O)Nc1cc(C2=NCCO2)ccc1F. The van der Waals surface area contributed by atoms with Crippen LogP contribution in [0, 0.1) is 5.82 Å². The minimum absolute atomic E-state index is 0.0897. The lowest BCUT2D eigenvalue weighted by Gasteiger charge is -2.13. The van der Waals surface area contributed by atoms with E-state index in [1.807, 2.05) is 27.7 Å². The number of carbonyl (C=O) groups is 1. The number of aliphatic imine (C=N–C) groups is 1. The van der Waals surface area contributed by atoms with Crippen molar-refractivity contribution in [3.63, 3.8) is 0 Å². The molecule has 2 aromatic rings.